The molecule has 0 bridgehead atoms. The van der Waals surface area contributed by atoms with Gasteiger partial charge in [-0.05, 0) is 61.9 Å². The molecular weight excluding hydrogens is 312 g/mol. The molecule has 2 atom stereocenters. The number of hydrogen-bond acceptors (Lipinski definition) is 4. The van der Waals surface area contributed by atoms with Crippen LogP contribution in [0.15, 0.2) is 23.1 Å². The standard InChI is InChI=1S/C17H24N2O3S/c20-23(21,17-7-6-13-3-1-4-14(13)9-17)18-10-16-11-19-8-2-5-15(19)12-22-16/h6-7,9,15-16,18H,1-5,8,10-12H2. The minimum atomic E-state index is -3.45. The van der Waals surface area contributed by atoms with E-state index in [1.54, 1.807) is 6.07 Å². The molecule has 1 aliphatic carbocycles. The van der Waals surface area contributed by atoms with Crippen LogP contribution in [0.5, 0.6) is 0 Å². The molecule has 0 radical (unpaired) electrons. The maximum Gasteiger partial charge on any atom is 0.240 e. The summed E-state index contributed by atoms with van der Waals surface area (Å²) in [4.78, 5) is 2.81. The second-order valence-electron chi connectivity index (χ2n) is 6.88. The van der Waals surface area contributed by atoms with Crippen molar-refractivity contribution in [3.8, 4) is 0 Å². The Kier molecular flexibility index (Phi) is 4.17. The topological polar surface area (TPSA) is 58.6 Å². The van der Waals surface area contributed by atoms with Gasteiger partial charge in [0, 0.05) is 19.1 Å². The third-order valence-electron chi connectivity index (χ3n) is 5.34. The summed E-state index contributed by atoms with van der Waals surface area (Å²) in [5.74, 6) is 0. The third kappa shape index (κ3) is 3.18. The Hall–Kier alpha value is -0.950. The molecule has 4 rings (SSSR count). The Morgan fingerprint density at radius 1 is 1.22 bits per heavy atom. The lowest BCUT2D eigenvalue weighted by molar-refractivity contribution is -0.0449. The molecule has 2 saturated heterocycles. The number of sulfonamides is 1. The van der Waals surface area contributed by atoms with Crippen LogP contribution in [0, 0.1) is 0 Å². The van der Waals surface area contributed by atoms with Gasteiger partial charge in [0.2, 0.25) is 10.0 Å². The monoisotopic (exact) mass is 336 g/mol. The molecule has 2 fully saturated rings. The maximum atomic E-state index is 12.5. The van der Waals surface area contributed by atoms with Crippen molar-refractivity contribution in [2.24, 2.45) is 0 Å². The molecule has 1 aromatic rings. The van der Waals surface area contributed by atoms with Gasteiger partial charge in [0.25, 0.3) is 0 Å². The molecule has 23 heavy (non-hydrogen) atoms. The zero-order valence-corrected chi connectivity index (χ0v) is 14.1. The van der Waals surface area contributed by atoms with E-state index >= 15 is 0 Å². The van der Waals surface area contributed by atoms with Gasteiger partial charge in [-0.25, -0.2) is 13.1 Å². The highest BCUT2D eigenvalue weighted by Crippen LogP contribution is 2.25. The summed E-state index contributed by atoms with van der Waals surface area (Å²) in [6.45, 7) is 3.02. The molecule has 2 heterocycles. The SMILES string of the molecule is O=S(=O)(NCC1CN2CCCC2CO1)c1ccc2c(c1)CCC2. The van der Waals surface area contributed by atoms with Crippen LogP contribution >= 0.6 is 0 Å². The van der Waals surface area contributed by atoms with Gasteiger partial charge in [-0.15, -0.1) is 0 Å². The second kappa shape index (κ2) is 6.16. The van der Waals surface area contributed by atoms with E-state index in [0.717, 1.165) is 39.0 Å². The molecule has 1 N–H and O–H groups in total. The Morgan fingerprint density at radius 3 is 3.00 bits per heavy atom. The van der Waals surface area contributed by atoms with Gasteiger partial charge in [0.1, 0.15) is 0 Å². The Morgan fingerprint density at radius 2 is 2.09 bits per heavy atom. The van der Waals surface area contributed by atoms with Gasteiger partial charge in [0.15, 0.2) is 0 Å². The largest absolute Gasteiger partial charge is 0.374 e. The molecule has 0 spiro atoms. The predicted molar refractivity (Wildman–Crippen MR) is 88.0 cm³/mol. The van der Waals surface area contributed by atoms with Crippen molar-refractivity contribution in [2.75, 3.05) is 26.2 Å². The predicted octanol–water partition coefficient (Wildman–Crippen LogP) is 1.32. The lowest BCUT2D eigenvalue weighted by atomic mass is 10.1. The number of hydrogen-bond donors (Lipinski definition) is 1. The van der Waals surface area contributed by atoms with Crippen molar-refractivity contribution < 1.29 is 13.2 Å². The van der Waals surface area contributed by atoms with Crippen LogP contribution in [-0.2, 0) is 27.6 Å². The summed E-state index contributed by atoms with van der Waals surface area (Å²) < 4.78 is 33.6. The Labute approximate surface area is 138 Å². The number of aryl methyl sites for hydroxylation is 2. The first-order valence-corrected chi connectivity index (χ1v) is 10.1. The minimum absolute atomic E-state index is 0.0476. The van der Waals surface area contributed by atoms with Crippen LogP contribution in [0.1, 0.15) is 30.4 Å². The van der Waals surface area contributed by atoms with Gasteiger partial charge >= 0.3 is 0 Å². The quantitative estimate of drug-likeness (QED) is 0.901. The number of benzene rings is 1. The number of morpholine rings is 1. The van der Waals surface area contributed by atoms with Gasteiger partial charge in [-0.1, -0.05) is 6.07 Å². The first-order chi connectivity index (χ1) is 11.1. The molecule has 5 nitrogen and oxygen atoms in total. The van der Waals surface area contributed by atoms with Gasteiger partial charge in [-0.2, -0.15) is 0 Å². The molecule has 0 aromatic heterocycles. The van der Waals surface area contributed by atoms with Crippen molar-refractivity contribution in [3.63, 3.8) is 0 Å². The fourth-order valence-electron chi connectivity index (χ4n) is 4.01. The molecule has 3 aliphatic rings. The molecule has 1 aromatic carbocycles. The number of nitrogens with zero attached hydrogens (tertiary/aromatic N) is 1. The van der Waals surface area contributed by atoms with E-state index < -0.39 is 10.0 Å². The van der Waals surface area contributed by atoms with Crippen LogP contribution in [0.3, 0.4) is 0 Å². The summed E-state index contributed by atoms with van der Waals surface area (Å²) >= 11 is 0. The number of rotatable bonds is 4. The molecule has 126 valence electrons. The Balaban J connectivity index is 1.40. The molecule has 0 saturated carbocycles. The minimum Gasteiger partial charge on any atom is -0.374 e. The molecule has 2 aliphatic heterocycles. The normalized spacial score (nSPS) is 27.8. The van der Waals surface area contributed by atoms with E-state index in [9.17, 15) is 8.42 Å². The van der Waals surface area contributed by atoms with E-state index in [1.807, 2.05) is 12.1 Å². The zero-order valence-electron chi connectivity index (χ0n) is 13.3. The number of fused-ring (bicyclic) bond motifs is 2. The van der Waals surface area contributed by atoms with Crippen LogP contribution in [0.4, 0.5) is 0 Å². The average molecular weight is 336 g/mol. The lowest BCUT2D eigenvalue weighted by Crippen LogP contribution is -2.50. The maximum absolute atomic E-state index is 12.5. The highest BCUT2D eigenvalue weighted by molar-refractivity contribution is 7.89. The van der Waals surface area contributed by atoms with Crippen LogP contribution < -0.4 is 4.72 Å². The molecule has 6 heteroatoms. The molecule has 2 unspecified atom stereocenters. The van der Waals surface area contributed by atoms with Crippen molar-refractivity contribution in [1.82, 2.24) is 9.62 Å². The number of ether oxygens (including phenoxy) is 1. The summed E-state index contributed by atoms with van der Waals surface area (Å²) in [5.41, 5.74) is 2.47. The van der Waals surface area contributed by atoms with E-state index in [2.05, 4.69) is 9.62 Å². The summed E-state index contributed by atoms with van der Waals surface area (Å²) in [7, 11) is -3.45. The van der Waals surface area contributed by atoms with E-state index in [1.165, 1.54) is 24.0 Å². The highest BCUT2D eigenvalue weighted by atomic mass is 32.2. The lowest BCUT2D eigenvalue weighted by Gasteiger charge is -2.35. The fraction of sp³-hybridized carbons (Fsp3) is 0.647. The van der Waals surface area contributed by atoms with Gasteiger partial charge in [-0.3, -0.25) is 4.90 Å². The highest BCUT2D eigenvalue weighted by Gasteiger charge is 2.32. The van der Waals surface area contributed by atoms with Crippen molar-refractivity contribution in [2.45, 2.75) is 49.1 Å². The van der Waals surface area contributed by atoms with Crippen molar-refractivity contribution in [1.29, 1.82) is 0 Å². The summed E-state index contributed by atoms with van der Waals surface area (Å²) in [6.07, 6.45) is 5.55. The molecule has 0 amide bonds. The van der Waals surface area contributed by atoms with Crippen molar-refractivity contribution in [3.05, 3.63) is 29.3 Å². The van der Waals surface area contributed by atoms with E-state index in [4.69, 9.17) is 4.74 Å². The smallest absolute Gasteiger partial charge is 0.240 e. The molecular formula is C17H24N2O3S. The third-order valence-corrected chi connectivity index (χ3v) is 6.76. The second-order valence-corrected chi connectivity index (χ2v) is 8.65. The first kappa shape index (κ1) is 15.6. The first-order valence-electron chi connectivity index (χ1n) is 8.59. The zero-order chi connectivity index (χ0) is 15.9. The Bertz CT molecular complexity index is 689. The van der Waals surface area contributed by atoms with E-state index in [-0.39, 0.29) is 6.10 Å². The van der Waals surface area contributed by atoms with Crippen LogP contribution in [0.2, 0.25) is 0 Å². The van der Waals surface area contributed by atoms with Crippen LogP contribution in [-0.4, -0.2) is 51.7 Å². The fourth-order valence-corrected chi connectivity index (χ4v) is 5.13. The summed E-state index contributed by atoms with van der Waals surface area (Å²) in [5, 5.41) is 0. The van der Waals surface area contributed by atoms with Gasteiger partial charge < -0.3 is 4.74 Å². The number of nitrogens with one attached hydrogen (secondary N) is 1. The van der Waals surface area contributed by atoms with Gasteiger partial charge in [0.05, 0.1) is 17.6 Å². The summed E-state index contributed by atoms with van der Waals surface area (Å²) in [6, 6.07) is 6.07. The van der Waals surface area contributed by atoms with E-state index in [0.29, 0.717) is 17.5 Å². The average Bonchev–Trinajstić information content (AvgIpc) is 3.20. The van der Waals surface area contributed by atoms with Crippen molar-refractivity contribution >= 4 is 10.0 Å². The van der Waals surface area contributed by atoms with Crippen LogP contribution in [0.25, 0.3) is 0 Å².